The Morgan fingerprint density at radius 3 is 2.46 bits per heavy atom. The summed E-state index contributed by atoms with van der Waals surface area (Å²) in [7, 11) is 3.19. The van der Waals surface area contributed by atoms with E-state index in [1.807, 2.05) is 61.5 Å². The third-order valence-corrected chi connectivity index (χ3v) is 5.29. The zero-order chi connectivity index (χ0) is 24.6. The molecule has 4 rings (SSSR count). The molecule has 0 aliphatic heterocycles. The summed E-state index contributed by atoms with van der Waals surface area (Å²) in [5.74, 6) is 1.54. The fourth-order valence-electron chi connectivity index (χ4n) is 3.29. The van der Waals surface area contributed by atoms with E-state index in [9.17, 15) is 4.79 Å². The van der Waals surface area contributed by atoms with E-state index in [-0.39, 0.29) is 5.69 Å². The molecule has 1 heterocycles. The summed E-state index contributed by atoms with van der Waals surface area (Å²) in [4.78, 5) is 12.4. The van der Waals surface area contributed by atoms with Crippen LogP contribution in [0.2, 0.25) is 0 Å². The molecule has 8 heteroatoms. The largest absolute Gasteiger partial charge is 0.497 e. The molecule has 1 amide bonds. The molecule has 4 aromatic rings. The van der Waals surface area contributed by atoms with Gasteiger partial charge in [-0.05, 0) is 66.6 Å². The van der Waals surface area contributed by atoms with Crippen LogP contribution in [0, 0.1) is 6.92 Å². The first kappa shape index (κ1) is 23.6. The predicted molar refractivity (Wildman–Crippen MR) is 134 cm³/mol. The number of methoxy groups -OCH3 is 2. The third kappa shape index (κ3) is 6.05. The van der Waals surface area contributed by atoms with Crippen molar-refractivity contribution in [2.24, 2.45) is 5.10 Å². The minimum absolute atomic E-state index is 0.283. The maximum absolute atomic E-state index is 12.4. The summed E-state index contributed by atoms with van der Waals surface area (Å²) in [6, 6.07) is 22.7. The Kier molecular flexibility index (Phi) is 7.42. The average molecular weight is 471 g/mol. The van der Waals surface area contributed by atoms with E-state index in [1.54, 1.807) is 26.5 Å². The van der Waals surface area contributed by atoms with Crippen molar-refractivity contribution in [1.29, 1.82) is 0 Å². The molecule has 0 unspecified atom stereocenters. The first-order chi connectivity index (χ1) is 17.1. The van der Waals surface area contributed by atoms with Crippen LogP contribution in [0.4, 0.5) is 0 Å². The molecule has 2 N–H and O–H groups in total. The van der Waals surface area contributed by atoms with Gasteiger partial charge < -0.3 is 14.2 Å². The Balaban J connectivity index is 1.39. The molecule has 0 aliphatic rings. The molecule has 8 nitrogen and oxygen atoms in total. The van der Waals surface area contributed by atoms with Gasteiger partial charge in [0.15, 0.2) is 11.5 Å². The van der Waals surface area contributed by atoms with Gasteiger partial charge in [-0.1, -0.05) is 29.8 Å². The van der Waals surface area contributed by atoms with Gasteiger partial charge in [-0.2, -0.15) is 10.2 Å². The Bertz CT molecular complexity index is 1310. The van der Waals surface area contributed by atoms with Gasteiger partial charge in [0.2, 0.25) is 0 Å². The molecule has 0 saturated heterocycles. The van der Waals surface area contributed by atoms with Gasteiger partial charge in [-0.3, -0.25) is 9.89 Å². The lowest BCUT2D eigenvalue weighted by Crippen LogP contribution is -2.17. The van der Waals surface area contributed by atoms with E-state index in [4.69, 9.17) is 14.2 Å². The van der Waals surface area contributed by atoms with Crippen molar-refractivity contribution in [3.8, 4) is 28.5 Å². The average Bonchev–Trinajstić information content (AvgIpc) is 3.39. The van der Waals surface area contributed by atoms with E-state index in [0.717, 1.165) is 22.4 Å². The summed E-state index contributed by atoms with van der Waals surface area (Å²) < 4.78 is 16.6. The van der Waals surface area contributed by atoms with Gasteiger partial charge in [0, 0.05) is 5.56 Å². The zero-order valence-corrected chi connectivity index (χ0v) is 19.7. The molecule has 0 aliphatic carbocycles. The minimum Gasteiger partial charge on any atom is -0.497 e. The van der Waals surface area contributed by atoms with E-state index < -0.39 is 5.91 Å². The second-order valence-corrected chi connectivity index (χ2v) is 7.78. The van der Waals surface area contributed by atoms with Crippen LogP contribution in [0.1, 0.15) is 27.2 Å². The lowest BCUT2D eigenvalue weighted by Gasteiger charge is -2.12. The molecule has 1 aromatic heterocycles. The highest BCUT2D eigenvalue weighted by Gasteiger charge is 2.13. The van der Waals surface area contributed by atoms with Gasteiger partial charge in [0.25, 0.3) is 5.91 Å². The number of amides is 1. The molecule has 0 saturated carbocycles. The van der Waals surface area contributed by atoms with Crippen LogP contribution in [0.25, 0.3) is 11.3 Å². The van der Waals surface area contributed by atoms with Crippen molar-refractivity contribution in [3.63, 3.8) is 0 Å². The fraction of sp³-hybridized carbons (Fsp3) is 0.148. The Labute approximate surface area is 203 Å². The van der Waals surface area contributed by atoms with E-state index in [1.165, 1.54) is 5.56 Å². The predicted octanol–water partition coefficient (Wildman–Crippen LogP) is 4.75. The molecule has 178 valence electrons. The Hall–Kier alpha value is -4.59. The highest BCUT2D eigenvalue weighted by Crippen LogP contribution is 2.32. The first-order valence-electron chi connectivity index (χ1n) is 11.0. The molecule has 0 spiro atoms. The van der Waals surface area contributed by atoms with Crippen LogP contribution in [0.5, 0.6) is 17.2 Å². The number of carbonyl (C=O) groups excluding carboxylic acids is 1. The van der Waals surface area contributed by atoms with E-state index in [2.05, 4.69) is 32.9 Å². The van der Waals surface area contributed by atoms with Crippen LogP contribution >= 0.6 is 0 Å². The fourth-order valence-corrected chi connectivity index (χ4v) is 3.29. The van der Waals surface area contributed by atoms with Crippen LogP contribution < -0.4 is 19.6 Å². The van der Waals surface area contributed by atoms with Crippen LogP contribution in [-0.2, 0) is 6.61 Å². The highest BCUT2D eigenvalue weighted by molar-refractivity contribution is 5.94. The minimum atomic E-state index is -0.404. The van der Waals surface area contributed by atoms with Crippen molar-refractivity contribution in [3.05, 3.63) is 95.2 Å². The summed E-state index contributed by atoms with van der Waals surface area (Å²) in [6.07, 6.45) is 1.55. The van der Waals surface area contributed by atoms with Crippen LogP contribution in [0.3, 0.4) is 0 Å². The normalized spacial score (nSPS) is 10.8. The summed E-state index contributed by atoms with van der Waals surface area (Å²) in [5, 5.41) is 11.0. The molecular formula is C27H26N4O4. The van der Waals surface area contributed by atoms with Crippen molar-refractivity contribution >= 4 is 12.1 Å². The smallest absolute Gasteiger partial charge is 0.289 e. The van der Waals surface area contributed by atoms with Crippen molar-refractivity contribution in [2.45, 2.75) is 13.5 Å². The van der Waals surface area contributed by atoms with Crippen molar-refractivity contribution < 1.29 is 19.0 Å². The SMILES string of the molecule is COc1ccc(/C=N\NC(=O)c2cc(-c3ccc(OCc4ccc(C)cc4)c(OC)c3)n[nH]2)cc1. The number of nitrogens with one attached hydrogen (secondary N) is 2. The van der Waals surface area contributed by atoms with Gasteiger partial charge in [-0.25, -0.2) is 5.43 Å². The number of benzene rings is 3. The Morgan fingerprint density at radius 1 is 0.971 bits per heavy atom. The standard InChI is InChI=1S/C27H26N4O4/c1-18-4-6-20(7-5-18)17-35-25-13-10-21(14-26(25)34-3)23-15-24(30-29-23)27(32)31-28-16-19-8-11-22(33-2)12-9-19/h4-16H,17H2,1-3H3,(H,29,30)(H,31,32)/b28-16-. The summed E-state index contributed by atoms with van der Waals surface area (Å²) in [6.45, 7) is 2.48. The van der Waals surface area contributed by atoms with Gasteiger partial charge >= 0.3 is 0 Å². The molecule has 3 aromatic carbocycles. The lowest BCUT2D eigenvalue weighted by molar-refractivity contribution is 0.0950. The highest BCUT2D eigenvalue weighted by atomic mass is 16.5. The molecule has 0 bridgehead atoms. The number of aryl methyl sites for hydroxylation is 1. The summed E-state index contributed by atoms with van der Waals surface area (Å²) >= 11 is 0. The zero-order valence-electron chi connectivity index (χ0n) is 19.7. The monoisotopic (exact) mass is 470 g/mol. The number of nitrogens with zero attached hydrogens (tertiary/aromatic N) is 2. The topological polar surface area (TPSA) is 97.8 Å². The maximum atomic E-state index is 12.4. The van der Waals surface area contributed by atoms with Crippen LogP contribution in [0.15, 0.2) is 77.9 Å². The number of hydrazone groups is 1. The quantitative estimate of drug-likeness (QED) is 0.272. The number of ether oxygens (including phenoxy) is 3. The van der Waals surface area contributed by atoms with Gasteiger partial charge in [-0.15, -0.1) is 0 Å². The number of carbonyl (C=O) groups is 1. The van der Waals surface area contributed by atoms with Gasteiger partial charge in [0.1, 0.15) is 18.1 Å². The number of H-pyrrole nitrogens is 1. The van der Waals surface area contributed by atoms with E-state index in [0.29, 0.717) is 23.8 Å². The van der Waals surface area contributed by atoms with Crippen LogP contribution in [-0.4, -0.2) is 36.5 Å². The van der Waals surface area contributed by atoms with Gasteiger partial charge in [0.05, 0.1) is 26.1 Å². The molecule has 0 fully saturated rings. The molecule has 0 radical (unpaired) electrons. The molecular weight excluding hydrogens is 444 g/mol. The number of aromatic amines is 1. The third-order valence-electron chi connectivity index (χ3n) is 5.29. The van der Waals surface area contributed by atoms with Crippen molar-refractivity contribution in [2.75, 3.05) is 14.2 Å². The number of hydrogen-bond acceptors (Lipinski definition) is 6. The second-order valence-electron chi connectivity index (χ2n) is 7.78. The Morgan fingerprint density at radius 2 is 1.74 bits per heavy atom. The van der Waals surface area contributed by atoms with E-state index >= 15 is 0 Å². The number of aromatic nitrogens is 2. The molecule has 0 atom stereocenters. The maximum Gasteiger partial charge on any atom is 0.289 e. The van der Waals surface area contributed by atoms with Crippen molar-refractivity contribution in [1.82, 2.24) is 15.6 Å². The summed E-state index contributed by atoms with van der Waals surface area (Å²) in [5.41, 5.74) is 7.25. The lowest BCUT2D eigenvalue weighted by atomic mass is 10.1. The number of hydrogen-bond donors (Lipinski definition) is 2. The molecule has 35 heavy (non-hydrogen) atoms. The second kappa shape index (κ2) is 11.0. The number of rotatable bonds is 9. The first-order valence-corrected chi connectivity index (χ1v) is 11.0.